The van der Waals surface area contributed by atoms with Crippen LogP contribution < -0.4 is 0 Å². The van der Waals surface area contributed by atoms with Crippen molar-refractivity contribution in [2.24, 2.45) is 11.3 Å². The van der Waals surface area contributed by atoms with Gasteiger partial charge in [0.25, 0.3) is 0 Å². The highest BCUT2D eigenvalue weighted by molar-refractivity contribution is 5.86. The fourth-order valence-electron chi connectivity index (χ4n) is 2.42. The number of nitrogens with zero attached hydrogens (tertiary/aromatic N) is 1. The summed E-state index contributed by atoms with van der Waals surface area (Å²) in [5, 5.41) is 0. The predicted molar refractivity (Wildman–Crippen MR) is 49.3 cm³/mol. The Morgan fingerprint density at radius 2 is 2.15 bits per heavy atom. The number of carbonyl (C=O) groups excluding carboxylic acids is 1. The zero-order valence-corrected chi connectivity index (χ0v) is 8.54. The third-order valence-electron chi connectivity index (χ3n) is 3.40. The second-order valence-electron chi connectivity index (χ2n) is 4.70. The van der Waals surface area contributed by atoms with Crippen LogP contribution in [-0.2, 0) is 9.53 Å². The van der Waals surface area contributed by atoms with E-state index in [0.717, 1.165) is 6.42 Å². The summed E-state index contributed by atoms with van der Waals surface area (Å²) in [7, 11) is 1.92. The van der Waals surface area contributed by atoms with Crippen LogP contribution in [0.2, 0.25) is 0 Å². The Morgan fingerprint density at radius 1 is 1.54 bits per heavy atom. The molecule has 2 heterocycles. The van der Waals surface area contributed by atoms with Gasteiger partial charge in [-0.05, 0) is 12.3 Å². The molecule has 1 spiro atoms. The molecule has 0 N–H and O–H groups in total. The quantitative estimate of drug-likeness (QED) is 0.604. The van der Waals surface area contributed by atoms with E-state index in [1.165, 1.54) is 0 Å². The smallest absolute Gasteiger partial charge is 0.233 e. The van der Waals surface area contributed by atoms with Gasteiger partial charge in [0.1, 0.15) is 0 Å². The highest BCUT2D eigenvalue weighted by Crippen LogP contribution is 2.43. The lowest BCUT2D eigenvalue weighted by Crippen LogP contribution is -2.48. The van der Waals surface area contributed by atoms with Crippen molar-refractivity contribution in [3.63, 3.8) is 0 Å². The molecule has 0 aromatic heterocycles. The van der Waals surface area contributed by atoms with Crippen LogP contribution in [0.15, 0.2) is 0 Å². The van der Waals surface area contributed by atoms with Gasteiger partial charge in [0, 0.05) is 13.1 Å². The first-order valence-corrected chi connectivity index (χ1v) is 4.92. The Kier molecular flexibility index (Phi) is 1.88. The van der Waals surface area contributed by atoms with Crippen molar-refractivity contribution in [3.05, 3.63) is 0 Å². The molecule has 2 fully saturated rings. The molecule has 1 unspecified atom stereocenters. The third kappa shape index (κ3) is 1.10. The number of rotatable bonds is 1. The van der Waals surface area contributed by atoms with Crippen molar-refractivity contribution < 1.29 is 9.53 Å². The minimum Gasteiger partial charge on any atom is -0.379 e. The van der Waals surface area contributed by atoms with Crippen LogP contribution in [0.4, 0.5) is 0 Å². The zero-order valence-electron chi connectivity index (χ0n) is 8.54. The van der Waals surface area contributed by atoms with Crippen LogP contribution in [0.5, 0.6) is 0 Å². The van der Waals surface area contributed by atoms with Gasteiger partial charge in [-0.25, -0.2) is 0 Å². The lowest BCUT2D eigenvalue weighted by atomic mass is 9.81. The van der Waals surface area contributed by atoms with E-state index in [4.69, 9.17) is 4.74 Å². The van der Waals surface area contributed by atoms with Gasteiger partial charge in [0.05, 0.1) is 18.6 Å². The first kappa shape index (κ1) is 9.00. The normalized spacial score (nSPS) is 31.5. The van der Waals surface area contributed by atoms with Gasteiger partial charge in [0.15, 0.2) is 0 Å². The highest BCUT2D eigenvalue weighted by atomic mass is 16.5. The van der Waals surface area contributed by atoms with Crippen LogP contribution >= 0.6 is 0 Å². The maximum absolute atomic E-state index is 11.9. The average molecular weight is 183 g/mol. The number of carbonyl (C=O) groups is 1. The summed E-state index contributed by atoms with van der Waals surface area (Å²) in [5.41, 5.74) is -0.135. The summed E-state index contributed by atoms with van der Waals surface area (Å²) in [4.78, 5) is 13.8. The molecule has 0 aliphatic carbocycles. The van der Waals surface area contributed by atoms with Gasteiger partial charge in [0.2, 0.25) is 5.91 Å². The summed E-state index contributed by atoms with van der Waals surface area (Å²) in [6.45, 7) is 5.62. The first-order valence-electron chi connectivity index (χ1n) is 4.92. The van der Waals surface area contributed by atoms with Crippen LogP contribution in [0.1, 0.15) is 20.3 Å². The van der Waals surface area contributed by atoms with Crippen molar-refractivity contribution in [3.8, 4) is 0 Å². The monoisotopic (exact) mass is 183 g/mol. The van der Waals surface area contributed by atoms with Crippen LogP contribution in [0.3, 0.4) is 0 Å². The topological polar surface area (TPSA) is 29.5 Å². The number of amides is 1. The molecule has 0 aromatic rings. The maximum Gasteiger partial charge on any atom is 0.233 e. The third-order valence-corrected chi connectivity index (χ3v) is 3.40. The van der Waals surface area contributed by atoms with E-state index < -0.39 is 0 Å². The summed E-state index contributed by atoms with van der Waals surface area (Å²) in [5.74, 6) is 0.839. The summed E-state index contributed by atoms with van der Waals surface area (Å²) in [6, 6.07) is 0.413. The van der Waals surface area contributed by atoms with E-state index in [2.05, 4.69) is 13.8 Å². The molecular weight excluding hydrogens is 166 g/mol. The predicted octanol–water partition coefficient (Wildman–Crippen LogP) is 0.890. The lowest BCUT2D eigenvalue weighted by molar-refractivity contribution is -0.160. The van der Waals surface area contributed by atoms with Gasteiger partial charge < -0.3 is 9.64 Å². The molecule has 0 radical (unpaired) electrons. The summed E-state index contributed by atoms with van der Waals surface area (Å²) in [6.07, 6.45) is 0.986. The van der Waals surface area contributed by atoms with Gasteiger partial charge in [-0.2, -0.15) is 0 Å². The van der Waals surface area contributed by atoms with Crippen molar-refractivity contribution in [2.45, 2.75) is 26.3 Å². The van der Waals surface area contributed by atoms with E-state index in [1.54, 1.807) is 0 Å². The molecule has 2 saturated heterocycles. The van der Waals surface area contributed by atoms with E-state index in [0.29, 0.717) is 25.2 Å². The Bertz CT molecular complexity index is 233. The molecule has 3 nitrogen and oxygen atoms in total. The molecule has 0 saturated carbocycles. The summed E-state index contributed by atoms with van der Waals surface area (Å²) >= 11 is 0. The van der Waals surface area contributed by atoms with E-state index in [1.807, 2.05) is 11.9 Å². The summed E-state index contributed by atoms with van der Waals surface area (Å²) < 4.78 is 5.16. The van der Waals surface area contributed by atoms with Gasteiger partial charge >= 0.3 is 0 Å². The second-order valence-corrected chi connectivity index (χ2v) is 4.70. The van der Waals surface area contributed by atoms with Crippen molar-refractivity contribution in [1.29, 1.82) is 0 Å². The number of likely N-dealkylation sites (tertiary alicyclic amines) is 1. The largest absolute Gasteiger partial charge is 0.379 e. The van der Waals surface area contributed by atoms with Crippen molar-refractivity contribution >= 4 is 5.91 Å². The molecule has 2 aliphatic heterocycles. The fraction of sp³-hybridized carbons (Fsp3) is 0.900. The minimum absolute atomic E-state index is 0.135. The lowest BCUT2D eigenvalue weighted by Gasteiger charge is -2.35. The Balaban J connectivity index is 2.17. The molecule has 13 heavy (non-hydrogen) atoms. The average Bonchev–Trinajstić information content (AvgIpc) is 2.25. The fourth-order valence-corrected chi connectivity index (χ4v) is 2.42. The molecule has 0 bridgehead atoms. The Labute approximate surface area is 79.0 Å². The van der Waals surface area contributed by atoms with Gasteiger partial charge in [-0.3, -0.25) is 4.79 Å². The molecule has 2 rings (SSSR count). The van der Waals surface area contributed by atoms with E-state index in [9.17, 15) is 4.79 Å². The van der Waals surface area contributed by atoms with Crippen molar-refractivity contribution in [2.75, 3.05) is 20.3 Å². The van der Waals surface area contributed by atoms with Gasteiger partial charge in [-0.1, -0.05) is 13.8 Å². The van der Waals surface area contributed by atoms with Crippen LogP contribution in [0.25, 0.3) is 0 Å². The molecule has 1 amide bonds. The number of ether oxygens (including phenoxy) is 1. The van der Waals surface area contributed by atoms with E-state index in [-0.39, 0.29) is 11.3 Å². The van der Waals surface area contributed by atoms with Crippen LogP contribution in [-0.4, -0.2) is 37.1 Å². The maximum atomic E-state index is 11.9. The molecule has 3 heteroatoms. The highest BCUT2D eigenvalue weighted by Gasteiger charge is 2.55. The first-order chi connectivity index (χ1) is 6.07. The van der Waals surface area contributed by atoms with E-state index >= 15 is 0 Å². The SMILES string of the molecule is CC(C)C1CC2(COC2)C(=O)N1C. The van der Waals surface area contributed by atoms with Crippen LogP contribution in [0, 0.1) is 11.3 Å². The Morgan fingerprint density at radius 3 is 2.38 bits per heavy atom. The van der Waals surface area contributed by atoms with Crippen molar-refractivity contribution in [1.82, 2.24) is 4.90 Å². The second kappa shape index (κ2) is 2.71. The molecule has 74 valence electrons. The standard InChI is InChI=1S/C10H17NO2/c1-7(2)8-4-10(5-13-6-10)9(12)11(8)3/h7-8H,4-6H2,1-3H3. The molecule has 1 atom stereocenters. The minimum atomic E-state index is -0.135. The zero-order chi connectivity index (χ0) is 9.64. The molecule has 0 aromatic carbocycles. The number of hydrogen-bond acceptors (Lipinski definition) is 2. The molecular formula is C10H17NO2. The van der Waals surface area contributed by atoms with Gasteiger partial charge in [-0.15, -0.1) is 0 Å². The molecule has 2 aliphatic rings. The number of hydrogen-bond donors (Lipinski definition) is 0. The Hall–Kier alpha value is -0.570.